The first kappa shape index (κ1) is 15.8. The molecule has 0 spiro atoms. The zero-order chi connectivity index (χ0) is 11.8. The first-order valence-corrected chi connectivity index (χ1v) is 5.51. The van der Waals surface area contributed by atoms with E-state index < -0.39 is 20.8 Å². The minimum Gasteiger partial charge on any atom is -0.370 e. The Labute approximate surface area is 82.4 Å². The normalized spacial score (nSPS) is 11.1. The Morgan fingerprint density at radius 1 is 1.14 bits per heavy atom. The molecule has 0 aromatic rings. The van der Waals surface area contributed by atoms with E-state index in [1.54, 1.807) is 0 Å². The van der Waals surface area contributed by atoms with Gasteiger partial charge in [-0.25, -0.2) is 0 Å². The van der Waals surface area contributed by atoms with Crippen molar-refractivity contribution in [2.45, 2.75) is 0 Å². The van der Waals surface area contributed by atoms with Gasteiger partial charge >= 0.3 is 20.8 Å². The number of rotatable bonds is 4. The van der Waals surface area contributed by atoms with E-state index in [0.717, 1.165) is 14.2 Å². The van der Waals surface area contributed by atoms with Crippen LogP contribution in [0.1, 0.15) is 0 Å². The molecule has 0 unspecified atom stereocenters. The average molecular weight is 250 g/mol. The zero-order valence-electron chi connectivity index (χ0n) is 7.41. The Bertz CT molecular complexity index is 328. The molecule has 10 heteroatoms. The molecule has 0 saturated heterocycles. The lowest BCUT2D eigenvalue weighted by atomic mass is 11.2. The van der Waals surface area contributed by atoms with Crippen LogP contribution in [0.4, 0.5) is 0 Å². The molecule has 0 saturated carbocycles. The summed E-state index contributed by atoms with van der Waals surface area (Å²) in [5.74, 6) is 0. The van der Waals surface area contributed by atoms with Crippen LogP contribution < -0.4 is 0 Å². The average Bonchev–Trinajstić information content (AvgIpc) is 2.04. The summed E-state index contributed by atoms with van der Waals surface area (Å²) in [7, 11) is -5.90. The maximum absolute atomic E-state index is 9.92. The van der Waals surface area contributed by atoms with Crippen LogP contribution >= 0.6 is 0 Å². The number of hydrogen-bond donors (Lipinski definition) is 1. The lowest BCUT2D eigenvalue weighted by molar-refractivity contribution is 0.286. The van der Waals surface area contributed by atoms with Gasteiger partial charge in [-0.3, -0.25) is 12.9 Å². The van der Waals surface area contributed by atoms with Crippen LogP contribution in [0.5, 0.6) is 0 Å². The van der Waals surface area contributed by atoms with E-state index in [9.17, 15) is 16.8 Å². The largest absolute Gasteiger partial charge is 0.445 e. The Balaban J connectivity index is 0. The molecule has 0 rings (SSSR count). The lowest BCUT2D eigenvalue weighted by Crippen LogP contribution is -2.02. The van der Waals surface area contributed by atoms with Gasteiger partial charge in [0, 0.05) is 0 Å². The molecular formula is C4H10O8S2. The minimum absolute atomic E-state index is 0.620. The monoisotopic (exact) mass is 250 g/mol. The lowest BCUT2D eigenvalue weighted by Gasteiger charge is -1.91. The summed E-state index contributed by atoms with van der Waals surface area (Å²) in [6, 6.07) is 0. The fourth-order valence-electron chi connectivity index (χ4n) is 0.154. The van der Waals surface area contributed by atoms with Crippen molar-refractivity contribution >= 4 is 20.8 Å². The molecule has 0 radical (unpaired) electrons. The Morgan fingerprint density at radius 3 is 1.50 bits per heavy atom. The molecule has 0 heterocycles. The van der Waals surface area contributed by atoms with E-state index in [1.165, 1.54) is 0 Å². The van der Waals surface area contributed by atoms with Crippen LogP contribution in [-0.2, 0) is 33.3 Å². The smallest absolute Gasteiger partial charge is 0.370 e. The second kappa shape index (κ2) is 6.73. The van der Waals surface area contributed by atoms with Crippen LogP contribution in [-0.4, -0.2) is 35.6 Å². The third-order valence-electron chi connectivity index (χ3n) is 0.598. The van der Waals surface area contributed by atoms with Crippen LogP contribution in [0.2, 0.25) is 0 Å². The molecule has 0 aromatic heterocycles. The highest BCUT2D eigenvalue weighted by atomic mass is 32.3. The fourth-order valence-corrected chi connectivity index (χ4v) is 0.462. The summed E-state index contributed by atoms with van der Waals surface area (Å²) in [4.78, 5) is 0. The van der Waals surface area contributed by atoms with Gasteiger partial charge in [0.25, 0.3) is 0 Å². The van der Waals surface area contributed by atoms with Crippen LogP contribution in [0, 0.1) is 0 Å². The maximum atomic E-state index is 9.92. The SMILES string of the molecule is C=COS(=O)(=O)O.COS(=O)(=O)OC. The van der Waals surface area contributed by atoms with Crippen LogP contribution in [0.25, 0.3) is 0 Å². The third-order valence-corrected chi connectivity index (χ3v) is 1.79. The van der Waals surface area contributed by atoms with Crippen molar-refractivity contribution in [1.82, 2.24) is 0 Å². The first-order valence-electron chi connectivity index (χ1n) is 2.81. The Kier molecular flexibility index (Phi) is 7.58. The minimum atomic E-state index is -4.29. The summed E-state index contributed by atoms with van der Waals surface area (Å²) in [5, 5.41) is 0. The summed E-state index contributed by atoms with van der Waals surface area (Å²) in [6.07, 6.45) is 0.620. The quantitative estimate of drug-likeness (QED) is 0.523. The summed E-state index contributed by atoms with van der Waals surface area (Å²) in [6.45, 7) is 2.88. The predicted octanol–water partition coefficient (Wildman–Crippen LogP) is -0.527. The van der Waals surface area contributed by atoms with E-state index in [-0.39, 0.29) is 0 Å². The number of hydrogen-bond acceptors (Lipinski definition) is 7. The molecule has 0 aliphatic heterocycles. The zero-order valence-corrected chi connectivity index (χ0v) is 9.04. The van der Waals surface area contributed by atoms with Gasteiger partial charge < -0.3 is 4.18 Å². The highest BCUT2D eigenvalue weighted by Crippen LogP contribution is 1.85. The highest BCUT2D eigenvalue weighted by molar-refractivity contribution is 7.81. The van der Waals surface area contributed by atoms with Crippen molar-refractivity contribution in [2.24, 2.45) is 0 Å². The topological polar surface area (TPSA) is 116 Å². The van der Waals surface area contributed by atoms with Crippen molar-refractivity contribution in [3.63, 3.8) is 0 Å². The fraction of sp³-hybridized carbons (Fsp3) is 0.500. The molecule has 1 N–H and O–H groups in total. The van der Waals surface area contributed by atoms with E-state index in [2.05, 4.69) is 19.1 Å². The highest BCUT2D eigenvalue weighted by Gasteiger charge is 2.01. The Morgan fingerprint density at radius 2 is 1.50 bits per heavy atom. The molecule has 86 valence electrons. The van der Waals surface area contributed by atoms with Crippen molar-refractivity contribution in [1.29, 1.82) is 0 Å². The van der Waals surface area contributed by atoms with Crippen molar-refractivity contribution in [3.8, 4) is 0 Å². The maximum Gasteiger partial charge on any atom is 0.445 e. The molecule has 0 aliphatic carbocycles. The molecular weight excluding hydrogens is 240 g/mol. The summed E-state index contributed by atoms with van der Waals surface area (Å²) < 4.78 is 57.7. The molecule has 8 nitrogen and oxygen atoms in total. The van der Waals surface area contributed by atoms with E-state index in [0.29, 0.717) is 6.26 Å². The third kappa shape index (κ3) is 13.9. The standard InChI is InChI=1S/C2H6O4S.C2H4O4S/c1-5-7(3,4)6-2;1-2-6-7(3,4)5/h1-2H3;2H,1H2,(H,3,4,5). The van der Waals surface area contributed by atoms with Gasteiger partial charge in [0.2, 0.25) is 0 Å². The second-order valence-electron chi connectivity index (χ2n) is 1.43. The Hall–Kier alpha value is -0.680. The van der Waals surface area contributed by atoms with Gasteiger partial charge in [0.15, 0.2) is 0 Å². The van der Waals surface area contributed by atoms with E-state index in [1.807, 2.05) is 0 Å². The molecule has 0 atom stereocenters. The van der Waals surface area contributed by atoms with Gasteiger partial charge in [-0.2, -0.15) is 16.8 Å². The van der Waals surface area contributed by atoms with Gasteiger partial charge in [-0.05, 0) is 0 Å². The molecule has 0 aromatic carbocycles. The first-order chi connectivity index (χ1) is 6.18. The summed E-state index contributed by atoms with van der Waals surface area (Å²) in [5.41, 5.74) is 0. The second-order valence-corrected chi connectivity index (χ2v) is 3.96. The van der Waals surface area contributed by atoms with Gasteiger partial charge in [-0.1, -0.05) is 6.58 Å². The van der Waals surface area contributed by atoms with Gasteiger partial charge in [0.1, 0.15) is 6.26 Å². The van der Waals surface area contributed by atoms with E-state index >= 15 is 0 Å². The van der Waals surface area contributed by atoms with Crippen LogP contribution in [0.3, 0.4) is 0 Å². The van der Waals surface area contributed by atoms with Gasteiger partial charge in [-0.15, -0.1) is 0 Å². The molecule has 14 heavy (non-hydrogen) atoms. The van der Waals surface area contributed by atoms with Crippen LogP contribution in [0.15, 0.2) is 12.8 Å². The van der Waals surface area contributed by atoms with Crippen molar-refractivity contribution in [3.05, 3.63) is 12.8 Å². The summed E-state index contributed by atoms with van der Waals surface area (Å²) >= 11 is 0. The molecule has 0 fully saturated rings. The molecule has 0 amide bonds. The van der Waals surface area contributed by atoms with E-state index in [4.69, 9.17) is 4.55 Å². The predicted molar refractivity (Wildman–Crippen MR) is 45.8 cm³/mol. The molecule has 0 bridgehead atoms. The molecule has 0 aliphatic rings. The van der Waals surface area contributed by atoms with Crippen molar-refractivity contribution < 1.29 is 33.9 Å². The van der Waals surface area contributed by atoms with Gasteiger partial charge in [0.05, 0.1) is 14.2 Å². The van der Waals surface area contributed by atoms with Crippen molar-refractivity contribution in [2.75, 3.05) is 14.2 Å².